The Hall–Kier alpha value is -2.50. The van der Waals surface area contributed by atoms with Crippen molar-refractivity contribution in [3.8, 4) is 5.75 Å². The Morgan fingerprint density at radius 1 is 1.13 bits per heavy atom. The van der Waals surface area contributed by atoms with Crippen molar-refractivity contribution in [2.24, 2.45) is 0 Å². The largest absolute Gasteiger partial charge is 0.496 e. The van der Waals surface area contributed by atoms with Gasteiger partial charge in [-0.05, 0) is 42.3 Å². The van der Waals surface area contributed by atoms with E-state index in [-0.39, 0.29) is 12.5 Å². The summed E-state index contributed by atoms with van der Waals surface area (Å²) in [5.41, 5.74) is 1.22. The van der Waals surface area contributed by atoms with Crippen molar-refractivity contribution in [1.29, 1.82) is 0 Å². The topological polar surface area (TPSA) is 38.3 Å². The number of halogens is 3. The molecule has 0 heterocycles. The van der Waals surface area contributed by atoms with Crippen LogP contribution in [0.1, 0.15) is 27.0 Å². The van der Waals surface area contributed by atoms with Gasteiger partial charge in [-0.3, -0.25) is 4.79 Å². The van der Waals surface area contributed by atoms with Crippen LogP contribution in [0.15, 0.2) is 42.5 Å². The lowest BCUT2D eigenvalue weighted by Crippen LogP contribution is -2.22. The predicted molar refractivity (Wildman–Crippen MR) is 80.3 cm³/mol. The summed E-state index contributed by atoms with van der Waals surface area (Å²) in [6.45, 7) is 2.01. The average molecular weight is 323 g/mol. The first-order valence-electron chi connectivity index (χ1n) is 6.90. The van der Waals surface area contributed by atoms with Crippen LogP contribution in [0.3, 0.4) is 0 Å². The first-order chi connectivity index (χ1) is 10.8. The predicted octanol–water partition coefficient (Wildman–Crippen LogP) is 3.95. The van der Waals surface area contributed by atoms with E-state index in [4.69, 9.17) is 4.74 Å². The van der Waals surface area contributed by atoms with Crippen molar-refractivity contribution in [3.05, 3.63) is 64.7 Å². The van der Waals surface area contributed by atoms with E-state index < -0.39 is 11.7 Å². The highest BCUT2D eigenvalue weighted by Crippen LogP contribution is 2.29. The van der Waals surface area contributed by atoms with E-state index in [0.29, 0.717) is 16.9 Å². The van der Waals surface area contributed by atoms with Gasteiger partial charge >= 0.3 is 6.18 Å². The molecule has 3 nitrogen and oxygen atoms in total. The Kier molecular flexibility index (Phi) is 4.93. The lowest BCUT2D eigenvalue weighted by molar-refractivity contribution is -0.137. The van der Waals surface area contributed by atoms with Gasteiger partial charge in [-0.2, -0.15) is 13.2 Å². The molecule has 0 atom stereocenters. The Morgan fingerprint density at radius 2 is 1.78 bits per heavy atom. The first-order valence-corrected chi connectivity index (χ1v) is 6.90. The van der Waals surface area contributed by atoms with Crippen molar-refractivity contribution in [2.45, 2.75) is 19.6 Å². The third-order valence-electron chi connectivity index (χ3n) is 3.40. The summed E-state index contributed by atoms with van der Waals surface area (Å²) in [7, 11) is 1.52. The molecule has 23 heavy (non-hydrogen) atoms. The fourth-order valence-electron chi connectivity index (χ4n) is 2.06. The molecule has 0 unspecified atom stereocenters. The number of benzene rings is 2. The van der Waals surface area contributed by atoms with Crippen LogP contribution in [0, 0.1) is 6.92 Å². The van der Waals surface area contributed by atoms with E-state index >= 15 is 0 Å². The third-order valence-corrected chi connectivity index (χ3v) is 3.40. The zero-order valence-corrected chi connectivity index (χ0v) is 12.7. The van der Waals surface area contributed by atoms with Gasteiger partial charge in [-0.15, -0.1) is 0 Å². The number of amides is 1. The van der Waals surface area contributed by atoms with Crippen molar-refractivity contribution < 1.29 is 22.7 Å². The van der Waals surface area contributed by atoms with Crippen LogP contribution < -0.4 is 10.1 Å². The van der Waals surface area contributed by atoms with Gasteiger partial charge in [0.25, 0.3) is 5.91 Å². The number of carbonyl (C=O) groups is 1. The molecule has 0 saturated heterocycles. The second kappa shape index (κ2) is 6.73. The average Bonchev–Trinajstić information content (AvgIpc) is 2.52. The summed E-state index contributed by atoms with van der Waals surface area (Å²) in [6, 6.07) is 9.74. The van der Waals surface area contributed by atoms with Gasteiger partial charge in [-0.1, -0.05) is 18.2 Å². The quantitative estimate of drug-likeness (QED) is 0.925. The zero-order valence-electron chi connectivity index (χ0n) is 12.7. The molecule has 0 bridgehead atoms. The molecule has 6 heteroatoms. The highest BCUT2D eigenvalue weighted by atomic mass is 19.4. The number of aryl methyl sites for hydroxylation is 1. The van der Waals surface area contributed by atoms with Gasteiger partial charge < -0.3 is 10.1 Å². The summed E-state index contributed by atoms with van der Waals surface area (Å²) >= 11 is 0. The SMILES string of the molecule is COc1cc(C(=O)NCc2ccc(C(F)(F)F)cc2)ccc1C. The minimum Gasteiger partial charge on any atom is -0.496 e. The number of methoxy groups -OCH3 is 1. The van der Waals surface area contributed by atoms with E-state index in [1.165, 1.54) is 19.2 Å². The minimum atomic E-state index is -4.36. The van der Waals surface area contributed by atoms with Gasteiger partial charge in [0.15, 0.2) is 0 Å². The smallest absolute Gasteiger partial charge is 0.416 e. The van der Waals surface area contributed by atoms with Crippen molar-refractivity contribution >= 4 is 5.91 Å². The van der Waals surface area contributed by atoms with Crippen LogP contribution in [-0.2, 0) is 12.7 Å². The molecule has 0 spiro atoms. The Morgan fingerprint density at radius 3 is 2.35 bits per heavy atom. The summed E-state index contributed by atoms with van der Waals surface area (Å²) in [6.07, 6.45) is -4.36. The molecule has 122 valence electrons. The minimum absolute atomic E-state index is 0.146. The van der Waals surface area contributed by atoms with E-state index in [9.17, 15) is 18.0 Å². The molecular formula is C17H16F3NO2. The van der Waals surface area contributed by atoms with Crippen LogP contribution in [0.25, 0.3) is 0 Å². The molecular weight excluding hydrogens is 307 g/mol. The molecule has 2 aromatic rings. The molecule has 0 aromatic heterocycles. The third kappa shape index (κ3) is 4.25. The highest BCUT2D eigenvalue weighted by molar-refractivity contribution is 5.94. The number of ether oxygens (including phenoxy) is 1. The van der Waals surface area contributed by atoms with Crippen LogP contribution in [-0.4, -0.2) is 13.0 Å². The summed E-state index contributed by atoms with van der Waals surface area (Å²) in [5, 5.41) is 2.67. The van der Waals surface area contributed by atoms with Crippen molar-refractivity contribution in [1.82, 2.24) is 5.32 Å². The second-order valence-corrected chi connectivity index (χ2v) is 5.06. The first kappa shape index (κ1) is 16.9. The molecule has 2 rings (SSSR count). The standard InChI is InChI=1S/C17H16F3NO2/c1-11-3-6-13(9-15(11)23-2)16(22)21-10-12-4-7-14(8-5-12)17(18,19)20/h3-9H,10H2,1-2H3,(H,21,22). The fourth-order valence-corrected chi connectivity index (χ4v) is 2.06. The van der Waals surface area contributed by atoms with E-state index in [0.717, 1.165) is 17.7 Å². The number of nitrogens with one attached hydrogen (secondary N) is 1. The Bertz CT molecular complexity index is 694. The molecule has 0 saturated carbocycles. The van der Waals surface area contributed by atoms with Crippen LogP contribution >= 0.6 is 0 Å². The second-order valence-electron chi connectivity index (χ2n) is 5.06. The Labute approximate surface area is 132 Å². The maximum absolute atomic E-state index is 12.5. The molecule has 1 N–H and O–H groups in total. The van der Waals surface area contributed by atoms with Gasteiger partial charge in [-0.25, -0.2) is 0 Å². The number of hydrogen-bond acceptors (Lipinski definition) is 2. The molecule has 1 amide bonds. The lowest BCUT2D eigenvalue weighted by Gasteiger charge is -2.10. The van der Waals surface area contributed by atoms with Crippen molar-refractivity contribution in [3.63, 3.8) is 0 Å². The van der Waals surface area contributed by atoms with E-state index in [1.54, 1.807) is 18.2 Å². The number of alkyl halides is 3. The highest BCUT2D eigenvalue weighted by Gasteiger charge is 2.29. The maximum Gasteiger partial charge on any atom is 0.416 e. The lowest BCUT2D eigenvalue weighted by atomic mass is 10.1. The van der Waals surface area contributed by atoms with Crippen LogP contribution in [0.5, 0.6) is 5.75 Å². The van der Waals surface area contributed by atoms with Crippen LogP contribution in [0.4, 0.5) is 13.2 Å². The molecule has 0 aliphatic heterocycles. The van der Waals surface area contributed by atoms with Gasteiger partial charge in [0.05, 0.1) is 12.7 Å². The van der Waals surface area contributed by atoms with E-state index in [2.05, 4.69) is 5.32 Å². The zero-order chi connectivity index (χ0) is 17.0. The molecule has 0 aliphatic rings. The molecule has 2 aromatic carbocycles. The molecule has 0 fully saturated rings. The van der Waals surface area contributed by atoms with Crippen LogP contribution in [0.2, 0.25) is 0 Å². The Balaban J connectivity index is 2.02. The number of rotatable bonds is 4. The summed E-state index contributed by atoms with van der Waals surface area (Å²) in [5.74, 6) is 0.287. The maximum atomic E-state index is 12.5. The molecule has 0 aliphatic carbocycles. The van der Waals surface area contributed by atoms with Gasteiger partial charge in [0, 0.05) is 12.1 Å². The van der Waals surface area contributed by atoms with Gasteiger partial charge in [0.1, 0.15) is 5.75 Å². The molecule has 0 radical (unpaired) electrons. The number of hydrogen-bond donors (Lipinski definition) is 1. The normalized spacial score (nSPS) is 11.2. The number of carbonyl (C=O) groups excluding carboxylic acids is 1. The van der Waals surface area contributed by atoms with Gasteiger partial charge in [0.2, 0.25) is 0 Å². The van der Waals surface area contributed by atoms with Crippen molar-refractivity contribution in [2.75, 3.05) is 7.11 Å². The summed E-state index contributed by atoms with van der Waals surface area (Å²) < 4.78 is 42.6. The summed E-state index contributed by atoms with van der Waals surface area (Å²) in [4.78, 5) is 12.1. The van der Waals surface area contributed by atoms with E-state index in [1.807, 2.05) is 6.92 Å². The monoisotopic (exact) mass is 323 g/mol. The fraction of sp³-hybridized carbons (Fsp3) is 0.235.